The first-order valence-corrected chi connectivity index (χ1v) is 9.54. The number of carbonyl (C=O) groups is 1. The molecule has 12 heteroatoms. The molecule has 3 rings (SSSR count). The minimum absolute atomic E-state index is 0.136. The van der Waals surface area contributed by atoms with Gasteiger partial charge in [0.05, 0.1) is 29.2 Å². The Morgan fingerprint density at radius 3 is 2.30 bits per heavy atom. The van der Waals surface area contributed by atoms with Crippen LogP contribution < -0.4 is 14.9 Å². The van der Waals surface area contributed by atoms with Gasteiger partial charge < -0.3 is 9.47 Å². The number of carbonyl (C=O) groups excluding carboxylic acids is 1. The number of halogens is 1. The number of hydrogen-bond donors (Lipinski definition) is 1. The lowest BCUT2D eigenvalue weighted by Crippen LogP contribution is -2.17. The summed E-state index contributed by atoms with van der Waals surface area (Å²) in [6.45, 7) is 0. The lowest BCUT2D eigenvalue weighted by Gasteiger charge is -2.11. The van der Waals surface area contributed by atoms with E-state index >= 15 is 0 Å². The second kappa shape index (κ2) is 10.2. The van der Waals surface area contributed by atoms with Crippen LogP contribution in [0.2, 0.25) is 5.02 Å². The van der Waals surface area contributed by atoms with Gasteiger partial charge in [0.2, 0.25) is 5.75 Å². The Labute approximate surface area is 191 Å². The van der Waals surface area contributed by atoms with E-state index in [9.17, 15) is 25.0 Å². The highest BCUT2D eigenvalue weighted by molar-refractivity contribution is 6.30. The molecule has 0 bridgehead atoms. The van der Waals surface area contributed by atoms with E-state index in [-0.39, 0.29) is 17.2 Å². The smallest absolute Gasteiger partial charge is 0.318 e. The zero-order valence-electron chi connectivity index (χ0n) is 16.9. The van der Waals surface area contributed by atoms with Crippen LogP contribution in [0.15, 0.2) is 65.8 Å². The van der Waals surface area contributed by atoms with Gasteiger partial charge >= 0.3 is 5.69 Å². The largest absolute Gasteiger partial charge is 0.493 e. The summed E-state index contributed by atoms with van der Waals surface area (Å²) < 4.78 is 10.8. The number of non-ortho nitro benzene ring substituents is 1. The standard InChI is InChI=1S/C21H15ClN4O7/c1-32-20-10-13(12-23-24-21(27)14-3-5-15(22)6-4-14)2-8-19(20)33-18-9-7-16(25(28)29)11-17(18)26(30)31/h2-12H,1H3,(H,24,27). The number of nitro benzene ring substituents is 2. The molecule has 0 saturated heterocycles. The average molecular weight is 471 g/mol. The Balaban J connectivity index is 1.77. The molecule has 0 spiro atoms. The van der Waals surface area contributed by atoms with Crippen molar-refractivity contribution in [1.29, 1.82) is 0 Å². The summed E-state index contributed by atoms with van der Waals surface area (Å²) in [5.41, 5.74) is 2.29. The van der Waals surface area contributed by atoms with Crippen molar-refractivity contribution in [2.75, 3.05) is 7.11 Å². The van der Waals surface area contributed by atoms with Gasteiger partial charge in [-0.25, -0.2) is 5.43 Å². The van der Waals surface area contributed by atoms with Crippen LogP contribution in [0.3, 0.4) is 0 Å². The first-order valence-electron chi connectivity index (χ1n) is 9.16. The van der Waals surface area contributed by atoms with E-state index < -0.39 is 27.1 Å². The van der Waals surface area contributed by atoms with Crippen LogP contribution in [0.5, 0.6) is 17.2 Å². The number of rotatable bonds is 8. The topological polar surface area (TPSA) is 146 Å². The van der Waals surface area contributed by atoms with Crippen LogP contribution >= 0.6 is 11.6 Å². The Kier molecular flexibility index (Phi) is 7.16. The highest BCUT2D eigenvalue weighted by Gasteiger charge is 2.22. The SMILES string of the molecule is COc1cc(C=NNC(=O)c2ccc(Cl)cc2)ccc1Oc1ccc([N+](=O)[O-])cc1[N+](=O)[O-]. The van der Waals surface area contributed by atoms with Crippen molar-refractivity contribution >= 4 is 35.1 Å². The highest BCUT2D eigenvalue weighted by atomic mass is 35.5. The lowest BCUT2D eigenvalue weighted by molar-refractivity contribution is -0.394. The molecule has 33 heavy (non-hydrogen) atoms. The maximum Gasteiger partial charge on any atom is 0.318 e. The van der Waals surface area contributed by atoms with Crippen molar-refractivity contribution in [2.24, 2.45) is 5.10 Å². The fourth-order valence-electron chi connectivity index (χ4n) is 2.65. The number of hydrazone groups is 1. The molecule has 0 saturated carbocycles. The highest BCUT2D eigenvalue weighted by Crippen LogP contribution is 2.38. The summed E-state index contributed by atoms with van der Waals surface area (Å²) in [6, 6.07) is 13.9. The molecule has 11 nitrogen and oxygen atoms in total. The number of ether oxygens (including phenoxy) is 2. The molecule has 0 aliphatic carbocycles. The summed E-state index contributed by atoms with van der Waals surface area (Å²) in [4.78, 5) is 32.7. The second-order valence-electron chi connectivity index (χ2n) is 6.38. The van der Waals surface area contributed by atoms with Gasteiger partial charge in [-0.15, -0.1) is 0 Å². The summed E-state index contributed by atoms with van der Waals surface area (Å²) in [7, 11) is 1.37. The third kappa shape index (κ3) is 5.80. The van der Waals surface area contributed by atoms with Crippen molar-refractivity contribution in [2.45, 2.75) is 0 Å². The first kappa shape index (κ1) is 23.2. The molecule has 168 valence electrons. The van der Waals surface area contributed by atoms with Crippen LogP contribution in [0.25, 0.3) is 0 Å². The Morgan fingerprint density at radius 1 is 0.970 bits per heavy atom. The van der Waals surface area contributed by atoms with Gasteiger partial charge in [-0.3, -0.25) is 25.0 Å². The maximum absolute atomic E-state index is 12.1. The van der Waals surface area contributed by atoms with Crippen LogP contribution in [-0.2, 0) is 0 Å². The Bertz CT molecular complexity index is 1250. The minimum atomic E-state index is -0.779. The van der Waals surface area contributed by atoms with E-state index in [1.54, 1.807) is 30.3 Å². The van der Waals surface area contributed by atoms with Crippen LogP contribution in [0.4, 0.5) is 11.4 Å². The van der Waals surface area contributed by atoms with Crippen molar-refractivity contribution in [3.8, 4) is 17.2 Å². The summed E-state index contributed by atoms with van der Waals surface area (Å²) in [5.74, 6) is -0.270. The van der Waals surface area contributed by atoms with Crippen LogP contribution in [-0.4, -0.2) is 29.1 Å². The van der Waals surface area contributed by atoms with Crippen LogP contribution in [0.1, 0.15) is 15.9 Å². The first-order chi connectivity index (χ1) is 15.8. The van der Waals surface area contributed by atoms with E-state index in [1.165, 1.54) is 25.5 Å². The summed E-state index contributed by atoms with van der Waals surface area (Å²) >= 11 is 5.79. The number of benzene rings is 3. The summed E-state index contributed by atoms with van der Waals surface area (Å²) in [6.07, 6.45) is 1.37. The molecule has 0 unspecified atom stereocenters. The monoisotopic (exact) mass is 470 g/mol. The molecule has 0 aliphatic rings. The predicted octanol–water partition coefficient (Wildman–Crippen LogP) is 4.72. The fraction of sp³-hybridized carbons (Fsp3) is 0.0476. The Hall–Kier alpha value is -4.51. The summed E-state index contributed by atoms with van der Waals surface area (Å²) in [5, 5.41) is 26.6. The van der Waals surface area contributed by atoms with E-state index in [4.69, 9.17) is 21.1 Å². The number of nitrogens with zero attached hydrogens (tertiary/aromatic N) is 3. The third-order valence-electron chi connectivity index (χ3n) is 4.24. The van der Waals surface area contributed by atoms with Gasteiger partial charge in [0.15, 0.2) is 11.5 Å². The van der Waals surface area contributed by atoms with Crippen LogP contribution in [0, 0.1) is 20.2 Å². The molecule has 0 fully saturated rings. The van der Waals surface area contributed by atoms with Crippen molar-refractivity contribution in [3.63, 3.8) is 0 Å². The van der Waals surface area contributed by atoms with Crippen molar-refractivity contribution < 1.29 is 24.1 Å². The molecule has 0 aromatic heterocycles. The van der Waals surface area contributed by atoms with E-state index in [0.29, 0.717) is 16.1 Å². The molecule has 0 atom stereocenters. The molecule has 3 aromatic carbocycles. The molecule has 1 amide bonds. The van der Waals surface area contributed by atoms with Gasteiger partial charge in [-0.05, 0) is 54.1 Å². The van der Waals surface area contributed by atoms with E-state index in [0.717, 1.165) is 18.2 Å². The zero-order valence-corrected chi connectivity index (χ0v) is 17.7. The van der Waals surface area contributed by atoms with Crippen molar-refractivity contribution in [3.05, 3.63) is 97.0 Å². The van der Waals surface area contributed by atoms with Gasteiger partial charge in [0.25, 0.3) is 11.6 Å². The number of amides is 1. The van der Waals surface area contributed by atoms with Gasteiger partial charge in [0.1, 0.15) is 0 Å². The van der Waals surface area contributed by atoms with Gasteiger partial charge in [0, 0.05) is 16.7 Å². The van der Waals surface area contributed by atoms with Crippen molar-refractivity contribution in [1.82, 2.24) is 5.43 Å². The molecular weight excluding hydrogens is 456 g/mol. The number of hydrogen-bond acceptors (Lipinski definition) is 8. The third-order valence-corrected chi connectivity index (χ3v) is 4.50. The minimum Gasteiger partial charge on any atom is -0.493 e. The lowest BCUT2D eigenvalue weighted by atomic mass is 10.2. The Morgan fingerprint density at radius 2 is 1.67 bits per heavy atom. The number of nitro groups is 2. The normalized spacial score (nSPS) is 10.6. The number of methoxy groups -OCH3 is 1. The van der Waals surface area contributed by atoms with E-state index in [2.05, 4.69) is 10.5 Å². The molecule has 0 aliphatic heterocycles. The molecule has 0 radical (unpaired) electrons. The second-order valence-corrected chi connectivity index (χ2v) is 6.82. The number of nitrogens with one attached hydrogen (secondary N) is 1. The molecule has 1 N–H and O–H groups in total. The molecule has 0 heterocycles. The molecular formula is C21H15ClN4O7. The van der Waals surface area contributed by atoms with Gasteiger partial charge in [-0.1, -0.05) is 11.6 Å². The van der Waals surface area contributed by atoms with Gasteiger partial charge in [-0.2, -0.15) is 5.10 Å². The maximum atomic E-state index is 12.1. The fourth-order valence-corrected chi connectivity index (χ4v) is 2.77. The quantitative estimate of drug-likeness (QED) is 0.284. The zero-order chi connectivity index (χ0) is 24.0. The molecule has 3 aromatic rings. The van der Waals surface area contributed by atoms with E-state index in [1.807, 2.05) is 0 Å². The average Bonchev–Trinajstić information content (AvgIpc) is 2.80. The predicted molar refractivity (Wildman–Crippen MR) is 119 cm³/mol.